The van der Waals surface area contributed by atoms with Crippen molar-refractivity contribution in [3.8, 4) is 5.75 Å². The zero-order valence-corrected chi connectivity index (χ0v) is 12.5. The van der Waals surface area contributed by atoms with Crippen molar-refractivity contribution in [1.29, 1.82) is 0 Å². The smallest absolute Gasteiger partial charge is 0.142 e. The maximum atomic E-state index is 9.72. The van der Waals surface area contributed by atoms with Gasteiger partial charge in [-0.2, -0.15) is 0 Å². The Morgan fingerprint density at radius 3 is 2.53 bits per heavy atom. The SMILES string of the molecule is CC(C)OCC(O)COc1c(Cl)cc(Cl)cc1CN. The lowest BCUT2D eigenvalue weighted by molar-refractivity contribution is -0.0123. The van der Waals surface area contributed by atoms with Gasteiger partial charge in [-0.3, -0.25) is 0 Å². The predicted molar refractivity (Wildman–Crippen MR) is 76.9 cm³/mol. The van der Waals surface area contributed by atoms with Crippen LogP contribution in [0.1, 0.15) is 19.4 Å². The molecule has 19 heavy (non-hydrogen) atoms. The van der Waals surface area contributed by atoms with E-state index >= 15 is 0 Å². The highest BCUT2D eigenvalue weighted by Gasteiger charge is 2.13. The first-order valence-corrected chi connectivity index (χ1v) is 6.80. The van der Waals surface area contributed by atoms with Gasteiger partial charge in [-0.1, -0.05) is 23.2 Å². The molecular weight excluding hydrogens is 289 g/mol. The summed E-state index contributed by atoms with van der Waals surface area (Å²) in [7, 11) is 0. The van der Waals surface area contributed by atoms with E-state index in [0.29, 0.717) is 21.4 Å². The summed E-state index contributed by atoms with van der Waals surface area (Å²) in [5, 5.41) is 10.6. The van der Waals surface area contributed by atoms with Crippen LogP contribution >= 0.6 is 23.2 Å². The summed E-state index contributed by atoms with van der Waals surface area (Å²) >= 11 is 11.9. The molecule has 0 radical (unpaired) electrons. The molecule has 0 saturated carbocycles. The quantitative estimate of drug-likeness (QED) is 0.813. The highest BCUT2D eigenvalue weighted by molar-refractivity contribution is 6.35. The number of ether oxygens (including phenoxy) is 2. The van der Waals surface area contributed by atoms with Crippen LogP contribution in [0.2, 0.25) is 10.0 Å². The van der Waals surface area contributed by atoms with E-state index in [1.54, 1.807) is 12.1 Å². The number of aliphatic hydroxyl groups is 1. The molecule has 1 atom stereocenters. The molecular formula is C13H19Cl2NO3. The third-order valence-corrected chi connectivity index (χ3v) is 2.85. The topological polar surface area (TPSA) is 64.7 Å². The van der Waals surface area contributed by atoms with Crippen molar-refractivity contribution in [2.45, 2.75) is 32.6 Å². The Balaban J connectivity index is 2.62. The lowest BCUT2D eigenvalue weighted by Crippen LogP contribution is -2.25. The molecule has 108 valence electrons. The number of hydrogen-bond donors (Lipinski definition) is 2. The van der Waals surface area contributed by atoms with Crippen molar-refractivity contribution in [3.05, 3.63) is 27.7 Å². The van der Waals surface area contributed by atoms with Crippen LogP contribution in [0.3, 0.4) is 0 Å². The van der Waals surface area contributed by atoms with Gasteiger partial charge >= 0.3 is 0 Å². The van der Waals surface area contributed by atoms with Crippen LogP contribution in [0.5, 0.6) is 5.75 Å². The van der Waals surface area contributed by atoms with Gasteiger partial charge in [0.1, 0.15) is 18.5 Å². The van der Waals surface area contributed by atoms with Crippen LogP contribution in [-0.4, -0.2) is 30.5 Å². The van der Waals surface area contributed by atoms with Crippen LogP contribution in [0, 0.1) is 0 Å². The van der Waals surface area contributed by atoms with Gasteiger partial charge in [0.2, 0.25) is 0 Å². The van der Waals surface area contributed by atoms with E-state index in [1.165, 1.54) is 0 Å². The van der Waals surface area contributed by atoms with E-state index < -0.39 is 6.10 Å². The fourth-order valence-corrected chi connectivity index (χ4v) is 2.05. The molecule has 3 N–H and O–H groups in total. The van der Waals surface area contributed by atoms with Crippen molar-refractivity contribution in [3.63, 3.8) is 0 Å². The number of aliphatic hydroxyl groups excluding tert-OH is 1. The third kappa shape index (κ3) is 5.55. The lowest BCUT2D eigenvalue weighted by Gasteiger charge is -2.17. The van der Waals surface area contributed by atoms with E-state index in [0.717, 1.165) is 0 Å². The van der Waals surface area contributed by atoms with Crippen molar-refractivity contribution < 1.29 is 14.6 Å². The largest absolute Gasteiger partial charge is 0.489 e. The molecule has 0 bridgehead atoms. The molecule has 1 aromatic rings. The molecule has 0 aromatic heterocycles. The summed E-state index contributed by atoms with van der Waals surface area (Å²) in [6, 6.07) is 3.27. The lowest BCUT2D eigenvalue weighted by atomic mass is 10.2. The van der Waals surface area contributed by atoms with Gasteiger partial charge in [0.05, 0.1) is 17.7 Å². The van der Waals surface area contributed by atoms with Gasteiger partial charge in [0.25, 0.3) is 0 Å². The van der Waals surface area contributed by atoms with E-state index in [4.69, 9.17) is 38.4 Å². The molecule has 4 nitrogen and oxygen atoms in total. The Hall–Kier alpha value is -0.520. The Labute approximate surface area is 123 Å². The molecule has 0 saturated heterocycles. The monoisotopic (exact) mass is 307 g/mol. The van der Waals surface area contributed by atoms with E-state index in [9.17, 15) is 5.11 Å². The normalized spacial score (nSPS) is 12.8. The minimum Gasteiger partial charge on any atom is -0.489 e. The summed E-state index contributed by atoms with van der Waals surface area (Å²) in [4.78, 5) is 0. The van der Waals surface area contributed by atoms with E-state index in [1.807, 2.05) is 13.8 Å². The molecule has 1 rings (SSSR count). The van der Waals surface area contributed by atoms with Gasteiger partial charge in [-0.05, 0) is 26.0 Å². The summed E-state index contributed by atoms with van der Waals surface area (Å²) in [5.74, 6) is 0.456. The Morgan fingerprint density at radius 1 is 1.26 bits per heavy atom. The van der Waals surface area contributed by atoms with Crippen LogP contribution in [0.4, 0.5) is 0 Å². The number of hydrogen-bond acceptors (Lipinski definition) is 4. The van der Waals surface area contributed by atoms with Gasteiger partial charge in [-0.15, -0.1) is 0 Å². The molecule has 0 amide bonds. The molecule has 0 aliphatic heterocycles. The minimum absolute atomic E-state index is 0.0633. The standard InChI is InChI=1S/C13H19Cl2NO3/c1-8(2)18-6-11(17)7-19-13-9(5-16)3-10(14)4-12(13)15/h3-4,8,11,17H,5-7,16H2,1-2H3. The molecule has 6 heteroatoms. The third-order valence-electron chi connectivity index (χ3n) is 2.35. The molecule has 1 unspecified atom stereocenters. The van der Waals surface area contributed by atoms with E-state index in [2.05, 4.69) is 0 Å². The van der Waals surface area contributed by atoms with Gasteiger partial charge in [0, 0.05) is 17.1 Å². The first-order chi connectivity index (χ1) is 8.93. The maximum absolute atomic E-state index is 9.72. The Morgan fingerprint density at radius 2 is 1.95 bits per heavy atom. The second-order valence-corrected chi connectivity index (χ2v) is 5.27. The first-order valence-electron chi connectivity index (χ1n) is 6.04. The number of halogens is 2. The zero-order valence-electron chi connectivity index (χ0n) is 11.0. The molecule has 0 fully saturated rings. The number of benzene rings is 1. The predicted octanol–water partition coefficient (Wildman–Crippen LogP) is 2.62. The molecule has 0 aliphatic carbocycles. The number of nitrogens with two attached hydrogens (primary N) is 1. The van der Waals surface area contributed by atoms with Crippen LogP contribution in [-0.2, 0) is 11.3 Å². The van der Waals surface area contributed by atoms with Gasteiger partial charge < -0.3 is 20.3 Å². The summed E-state index contributed by atoms with van der Waals surface area (Å²) in [6.07, 6.45) is -0.659. The fourth-order valence-electron chi connectivity index (χ4n) is 1.46. The van der Waals surface area contributed by atoms with Crippen molar-refractivity contribution in [1.82, 2.24) is 0 Å². The highest BCUT2D eigenvalue weighted by atomic mass is 35.5. The fraction of sp³-hybridized carbons (Fsp3) is 0.538. The van der Waals surface area contributed by atoms with Crippen molar-refractivity contribution >= 4 is 23.2 Å². The second kappa shape index (κ2) is 7.92. The summed E-state index contributed by atoms with van der Waals surface area (Å²) in [5.41, 5.74) is 6.31. The van der Waals surface area contributed by atoms with Crippen LogP contribution in [0.25, 0.3) is 0 Å². The van der Waals surface area contributed by atoms with Crippen molar-refractivity contribution in [2.24, 2.45) is 5.73 Å². The zero-order chi connectivity index (χ0) is 14.4. The molecule has 0 aliphatic rings. The molecule has 1 aromatic carbocycles. The molecule has 0 heterocycles. The second-order valence-electron chi connectivity index (χ2n) is 4.43. The molecule has 0 spiro atoms. The van der Waals surface area contributed by atoms with Crippen LogP contribution < -0.4 is 10.5 Å². The average Bonchev–Trinajstić information content (AvgIpc) is 2.34. The Bertz CT molecular complexity index is 413. The highest BCUT2D eigenvalue weighted by Crippen LogP contribution is 2.32. The van der Waals surface area contributed by atoms with E-state index in [-0.39, 0.29) is 25.9 Å². The Kier molecular flexibility index (Phi) is 6.89. The summed E-state index contributed by atoms with van der Waals surface area (Å²) in [6.45, 7) is 4.35. The first kappa shape index (κ1) is 16.5. The average molecular weight is 308 g/mol. The van der Waals surface area contributed by atoms with Crippen LogP contribution in [0.15, 0.2) is 12.1 Å². The van der Waals surface area contributed by atoms with Gasteiger partial charge in [0.15, 0.2) is 0 Å². The summed E-state index contributed by atoms with van der Waals surface area (Å²) < 4.78 is 10.8. The maximum Gasteiger partial charge on any atom is 0.142 e. The van der Waals surface area contributed by atoms with Gasteiger partial charge in [-0.25, -0.2) is 0 Å². The minimum atomic E-state index is -0.722. The van der Waals surface area contributed by atoms with Crippen molar-refractivity contribution in [2.75, 3.05) is 13.2 Å². The number of rotatable bonds is 7.